The van der Waals surface area contributed by atoms with E-state index >= 15 is 0 Å². The molecule has 8 heteroatoms. The van der Waals surface area contributed by atoms with Crippen LogP contribution in [0.4, 0.5) is 4.39 Å². The summed E-state index contributed by atoms with van der Waals surface area (Å²) in [4.78, 5) is 41.3. The van der Waals surface area contributed by atoms with E-state index in [2.05, 4.69) is 5.32 Å². The SMILES string of the molecule is CO[C@@H]1C[C@H]2C(=O)N3CC[C@H](NC(=O)c4cccc(F)c4)C[C@H]3C(=O)N2C1. The molecule has 3 aliphatic rings. The quantitative estimate of drug-likeness (QED) is 0.837. The zero-order valence-corrected chi connectivity index (χ0v) is 15.1. The molecule has 3 heterocycles. The summed E-state index contributed by atoms with van der Waals surface area (Å²) in [6.45, 7) is 0.849. The van der Waals surface area contributed by atoms with E-state index < -0.39 is 17.9 Å². The first-order chi connectivity index (χ1) is 13.0. The molecule has 1 N–H and O–H groups in total. The van der Waals surface area contributed by atoms with Gasteiger partial charge in [-0.15, -0.1) is 0 Å². The smallest absolute Gasteiger partial charge is 0.251 e. The number of piperazine rings is 1. The number of nitrogens with zero attached hydrogens (tertiary/aromatic N) is 2. The summed E-state index contributed by atoms with van der Waals surface area (Å²) >= 11 is 0. The molecule has 4 atom stereocenters. The van der Waals surface area contributed by atoms with Crippen LogP contribution in [-0.2, 0) is 14.3 Å². The minimum atomic E-state index is -0.559. The molecule has 0 radical (unpaired) electrons. The topological polar surface area (TPSA) is 79.0 Å². The highest BCUT2D eigenvalue weighted by Crippen LogP contribution is 2.32. The molecule has 0 aromatic heterocycles. The van der Waals surface area contributed by atoms with Crippen LogP contribution in [0.5, 0.6) is 0 Å². The fourth-order valence-corrected chi connectivity index (χ4v) is 4.32. The zero-order valence-electron chi connectivity index (χ0n) is 15.1. The second-order valence-electron chi connectivity index (χ2n) is 7.35. The largest absolute Gasteiger partial charge is 0.380 e. The van der Waals surface area contributed by atoms with E-state index in [9.17, 15) is 18.8 Å². The second-order valence-corrected chi connectivity index (χ2v) is 7.35. The summed E-state index contributed by atoms with van der Waals surface area (Å²) in [5, 5.41) is 2.87. The van der Waals surface area contributed by atoms with Crippen molar-refractivity contribution in [2.45, 2.75) is 43.5 Å². The van der Waals surface area contributed by atoms with E-state index in [-0.39, 0.29) is 35.4 Å². The second kappa shape index (κ2) is 6.92. The minimum Gasteiger partial charge on any atom is -0.380 e. The predicted molar refractivity (Wildman–Crippen MR) is 93.3 cm³/mol. The van der Waals surface area contributed by atoms with Crippen molar-refractivity contribution in [3.63, 3.8) is 0 Å². The van der Waals surface area contributed by atoms with Gasteiger partial charge in [0.25, 0.3) is 5.91 Å². The highest BCUT2D eigenvalue weighted by molar-refractivity contribution is 5.98. The number of fused-ring (bicyclic) bond motifs is 2. The van der Waals surface area contributed by atoms with Gasteiger partial charge in [-0.1, -0.05) is 6.07 Å². The van der Waals surface area contributed by atoms with Crippen molar-refractivity contribution in [2.24, 2.45) is 0 Å². The van der Waals surface area contributed by atoms with Gasteiger partial charge in [0.2, 0.25) is 11.8 Å². The number of rotatable bonds is 3. The van der Waals surface area contributed by atoms with Crippen LogP contribution in [0.15, 0.2) is 24.3 Å². The Kier molecular flexibility index (Phi) is 4.59. The third kappa shape index (κ3) is 3.18. The maximum Gasteiger partial charge on any atom is 0.251 e. The van der Waals surface area contributed by atoms with Gasteiger partial charge in [0, 0.05) is 38.2 Å². The number of hydrogen-bond acceptors (Lipinski definition) is 4. The van der Waals surface area contributed by atoms with Gasteiger partial charge in [-0.2, -0.15) is 0 Å². The molecule has 0 saturated carbocycles. The molecule has 0 spiro atoms. The number of hydrogen-bond donors (Lipinski definition) is 1. The lowest BCUT2D eigenvalue weighted by molar-refractivity contribution is -0.161. The molecule has 7 nitrogen and oxygen atoms in total. The molecule has 0 unspecified atom stereocenters. The van der Waals surface area contributed by atoms with Gasteiger partial charge in [-0.05, 0) is 31.0 Å². The maximum absolute atomic E-state index is 13.3. The highest BCUT2D eigenvalue weighted by Gasteiger charge is 2.52. The maximum atomic E-state index is 13.3. The molecule has 0 aliphatic carbocycles. The van der Waals surface area contributed by atoms with E-state index in [0.29, 0.717) is 32.4 Å². The molecule has 3 amide bonds. The Labute approximate surface area is 156 Å². The number of ether oxygens (including phenoxy) is 1. The number of carbonyl (C=O) groups excluding carboxylic acids is 3. The molecular formula is C19H22FN3O4. The van der Waals surface area contributed by atoms with Crippen molar-refractivity contribution < 1.29 is 23.5 Å². The number of nitrogens with one attached hydrogen (secondary N) is 1. The standard InChI is InChI=1S/C19H22FN3O4/c1-27-14-9-16-18(25)22-6-5-13(8-15(22)19(26)23(16)10-14)21-17(24)11-3-2-4-12(20)7-11/h2-4,7,13-16H,5-6,8-10H2,1H3,(H,21,24)/t13-,14+,15-,16-/m0/s1. The van der Waals surface area contributed by atoms with Crippen molar-refractivity contribution in [1.82, 2.24) is 15.1 Å². The molecular weight excluding hydrogens is 353 g/mol. The van der Waals surface area contributed by atoms with Gasteiger partial charge in [-0.3, -0.25) is 14.4 Å². The van der Waals surface area contributed by atoms with E-state index in [1.807, 2.05) is 0 Å². The predicted octanol–water partition coefficient (Wildman–Crippen LogP) is 0.545. The van der Waals surface area contributed by atoms with Gasteiger partial charge < -0.3 is 19.9 Å². The van der Waals surface area contributed by atoms with E-state index in [4.69, 9.17) is 4.74 Å². The van der Waals surface area contributed by atoms with Gasteiger partial charge in [-0.25, -0.2) is 4.39 Å². The average molecular weight is 375 g/mol. The van der Waals surface area contributed by atoms with Crippen LogP contribution in [-0.4, -0.2) is 72.0 Å². The summed E-state index contributed by atoms with van der Waals surface area (Å²) in [5.41, 5.74) is 0.242. The fourth-order valence-electron chi connectivity index (χ4n) is 4.32. The molecule has 27 heavy (non-hydrogen) atoms. The van der Waals surface area contributed by atoms with E-state index in [0.717, 1.165) is 0 Å². The number of halogens is 1. The summed E-state index contributed by atoms with van der Waals surface area (Å²) in [6, 6.07) is 4.25. The van der Waals surface area contributed by atoms with Crippen molar-refractivity contribution in [3.8, 4) is 0 Å². The first-order valence-electron chi connectivity index (χ1n) is 9.18. The fraction of sp³-hybridized carbons (Fsp3) is 0.526. The number of benzene rings is 1. The average Bonchev–Trinajstić information content (AvgIpc) is 3.11. The Morgan fingerprint density at radius 1 is 1.19 bits per heavy atom. The summed E-state index contributed by atoms with van der Waals surface area (Å²) in [6.07, 6.45) is 1.35. The molecule has 3 saturated heterocycles. The first kappa shape index (κ1) is 17.9. The van der Waals surface area contributed by atoms with Crippen LogP contribution in [0, 0.1) is 5.82 Å². The van der Waals surface area contributed by atoms with Gasteiger partial charge in [0.05, 0.1) is 6.10 Å². The number of piperidine rings is 1. The Balaban J connectivity index is 1.45. The molecule has 3 aliphatic heterocycles. The monoisotopic (exact) mass is 375 g/mol. The van der Waals surface area contributed by atoms with Gasteiger partial charge in [0.15, 0.2) is 0 Å². The molecule has 1 aromatic rings. The van der Waals surface area contributed by atoms with Crippen LogP contribution in [0.1, 0.15) is 29.6 Å². The number of methoxy groups -OCH3 is 1. The number of carbonyl (C=O) groups is 3. The van der Waals surface area contributed by atoms with Gasteiger partial charge >= 0.3 is 0 Å². The Morgan fingerprint density at radius 2 is 1.93 bits per heavy atom. The molecule has 3 fully saturated rings. The minimum absolute atomic E-state index is 0.0333. The van der Waals surface area contributed by atoms with E-state index in [1.54, 1.807) is 23.0 Å². The summed E-state index contributed by atoms with van der Waals surface area (Å²) in [5.74, 6) is -0.961. The zero-order chi connectivity index (χ0) is 19.1. The van der Waals surface area contributed by atoms with Crippen LogP contribution < -0.4 is 5.32 Å². The Morgan fingerprint density at radius 3 is 2.67 bits per heavy atom. The van der Waals surface area contributed by atoms with Gasteiger partial charge in [0.1, 0.15) is 17.9 Å². The molecule has 1 aromatic carbocycles. The first-order valence-corrected chi connectivity index (χ1v) is 9.18. The lowest BCUT2D eigenvalue weighted by Gasteiger charge is -2.46. The summed E-state index contributed by atoms with van der Waals surface area (Å²) in [7, 11) is 1.59. The Bertz CT molecular complexity index is 786. The van der Waals surface area contributed by atoms with Crippen LogP contribution in [0.3, 0.4) is 0 Å². The summed E-state index contributed by atoms with van der Waals surface area (Å²) < 4.78 is 18.7. The highest BCUT2D eigenvalue weighted by atomic mass is 19.1. The molecule has 4 rings (SSSR count). The third-order valence-electron chi connectivity index (χ3n) is 5.76. The lowest BCUT2D eigenvalue weighted by atomic mass is 9.92. The van der Waals surface area contributed by atoms with Crippen molar-refractivity contribution in [1.29, 1.82) is 0 Å². The van der Waals surface area contributed by atoms with Crippen molar-refractivity contribution in [3.05, 3.63) is 35.6 Å². The third-order valence-corrected chi connectivity index (χ3v) is 5.76. The molecule has 144 valence electrons. The lowest BCUT2D eigenvalue weighted by Crippen LogP contribution is -2.66. The van der Waals surface area contributed by atoms with Crippen molar-refractivity contribution >= 4 is 17.7 Å². The van der Waals surface area contributed by atoms with Crippen LogP contribution in [0.2, 0.25) is 0 Å². The Hall–Kier alpha value is -2.48. The molecule has 0 bridgehead atoms. The van der Waals surface area contributed by atoms with E-state index in [1.165, 1.54) is 18.2 Å². The number of amides is 3. The van der Waals surface area contributed by atoms with Crippen molar-refractivity contribution in [2.75, 3.05) is 20.2 Å². The normalized spacial score (nSPS) is 30.1. The van der Waals surface area contributed by atoms with Crippen LogP contribution in [0.25, 0.3) is 0 Å². The van der Waals surface area contributed by atoms with Crippen LogP contribution >= 0.6 is 0 Å².